The maximum absolute atomic E-state index is 14.1. The molecule has 2 fully saturated rings. The van der Waals surface area contributed by atoms with Gasteiger partial charge in [0.1, 0.15) is 24.4 Å². The molecular weight excluding hydrogens is 687 g/mol. The molecule has 0 bridgehead atoms. The van der Waals surface area contributed by atoms with E-state index in [1.54, 1.807) is 30.2 Å². The van der Waals surface area contributed by atoms with E-state index >= 15 is 0 Å². The molecule has 15 nitrogen and oxygen atoms in total. The second kappa shape index (κ2) is 14.7. The van der Waals surface area contributed by atoms with Crippen molar-refractivity contribution in [3.63, 3.8) is 0 Å². The number of fused-ring (bicyclic) bond motifs is 1. The monoisotopic (exact) mass is 725 g/mol. The number of benzene rings is 1. The fraction of sp³-hybridized carbons (Fsp3) is 0.548. The van der Waals surface area contributed by atoms with Crippen LogP contribution >= 0.6 is 11.6 Å². The molecule has 2 aliphatic heterocycles. The van der Waals surface area contributed by atoms with E-state index in [0.29, 0.717) is 38.4 Å². The SMILES string of the molecule is CCc1c(N2CCN(C(=O)CNC(=O)OC(C)(C)C)CC2)c(=O)n2nc(N3CCOCC3)nc2n1CC(=O)Nc1ccc(C(F)(F)F)cc1Cl. The van der Waals surface area contributed by atoms with Crippen LogP contribution in [0.25, 0.3) is 5.78 Å². The van der Waals surface area contributed by atoms with Gasteiger partial charge in [0.25, 0.3) is 5.56 Å². The van der Waals surface area contributed by atoms with Crippen LogP contribution in [-0.2, 0) is 38.2 Å². The molecule has 2 N–H and O–H groups in total. The van der Waals surface area contributed by atoms with Crippen molar-refractivity contribution in [2.75, 3.05) is 74.1 Å². The Morgan fingerprint density at radius 1 is 1.02 bits per heavy atom. The Hall–Kier alpha value is -4.58. The third-order valence-electron chi connectivity index (χ3n) is 8.05. The summed E-state index contributed by atoms with van der Waals surface area (Å²) in [5.74, 6) is -0.559. The summed E-state index contributed by atoms with van der Waals surface area (Å²) >= 11 is 6.10. The van der Waals surface area contributed by atoms with Crippen LogP contribution in [0.15, 0.2) is 23.0 Å². The first-order valence-electron chi connectivity index (χ1n) is 16.1. The average Bonchev–Trinajstić information content (AvgIpc) is 3.51. The molecule has 0 saturated carbocycles. The fourth-order valence-electron chi connectivity index (χ4n) is 5.70. The van der Waals surface area contributed by atoms with Crippen molar-refractivity contribution < 1.29 is 37.0 Å². The van der Waals surface area contributed by atoms with Crippen LogP contribution in [0.1, 0.15) is 39.0 Å². The molecule has 0 radical (unpaired) electrons. The smallest absolute Gasteiger partial charge is 0.416 e. The van der Waals surface area contributed by atoms with E-state index in [4.69, 9.17) is 21.1 Å². The van der Waals surface area contributed by atoms with Crippen LogP contribution in [0, 0.1) is 0 Å². The summed E-state index contributed by atoms with van der Waals surface area (Å²) in [6.07, 6.45) is -5.02. The number of anilines is 3. The number of carbonyl (C=O) groups is 3. The van der Waals surface area contributed by atoms with E-state index in [1.165, 1.54) is 0 Å². The molecule has 0 aliphatic carbocycles. The Morgan fingerprint density at radius 2 is 1.70 bits per heavy atom. The molecule has 0 unspecified atom stereocenters. The van der Waals surface area contributed by atoms with Crippen molar-refractivity contribution in [1.29, 1.82) is 0 Å². The molecule has 2 aliphatic rings. The van der Waals surface area contributed by atoms with Crippen LogP contribution < -0.4 is 26.0 Å². The predicted molar refractivity (Wildman–Crippen MR) is 178 cm³/mol. The first-order valence-corrected chi connectivity index (χ1v) is 16.4. The van der Waals surface area contributed by atoms with E-state index in [-0.39, 0.29) is 73.3 Å². The largest absolute Gasteiger partial charge is 0.444 e. The van der Waals surface area contributed by atoms with Gasteiger partial charge in [0.2, 0.25) is 23.5 Å². The second-order valence-electron chi connectivity index (χ2n) is 12.7. The fourth-order valence-corrected chi connectivity index (χ4v) is 5.92. The van der Waals surface area contributed by atoms with Gasteiger partial charge in [-0.05, 0) is 45.4 Å². The quantitative estimate of drug-likeness (QED) is 0.354. The van der Waals surface area contributed by atoms with Crippen molar-refractivity contribution in [2.24, 2.45) is 0 Å². The highest BCUT2D eigenvalue weighted by Crippen LogP contribution is 2.34. The summed E-state index contributed by atoms with van der Waals surface area (Å²) in [7, 11) is 0. The lowest BCUT2D eigenvalue weighted by Crippen LogP contribution is -2.53. The van der Waals surface area contributed by atoms with Gasteiger partial charge in [-0.3, -0.25) is 14.4 Å². The third-order valence-corrected chi connectivity index (χ3v) is 8.36. The van der Waals surface area contributed by atoms with Gasteiger partial charge in [0.05, 0.1) is 35.2 Å². The summed E-state index contributed by atoms with van der Waals surface area (Å²) in [6.45, 7) is 9.24. The van der Waals surface area contributed by atoms with Crippen molar-refractivity contribution in [1.82, 2.24) is 29.4 Å². The van der Waals surface area contributed by atoms with Crippen molar-refractivity contribution in [3.8, 4) is 0 Å². The van der Waals surface area contributed by atoms with E-state index < -0.39 is 34.9 Å². The van der Waals surface area contributed by atoms with Crippen molar-refractivity contribution >= 4 is 52.6 Å². The minimum absolute atomic E-state index is 0.0163. The number of alkyl carbamates (subject to hydrolysis) is 1. The number of aromatic nitrogens is 4. The van der Waals surface area contributed by atoms with Crippen molar-refractivity contribution in [2.45, 2.75) is 52.4 Å². The number of nitrogens with one attached hydrogen (secondary N) is 2. The molecule has 0 spiro atoms. The Balaban J connectivity index is 1.42. The average molecular weight is 726 g/mol. The third kappa shape index (κ3) is 8.40. The number of morpholine rings is 1. The van der Waals surface area contributed by atoms with E-state index in [1.807, 2.05) is 16.7 Å². The van der Waals surface area contributed by atoms with Crippen LogP contribution in [0.2, 0.25) is 5.02 Å². The lowest BCUT2D eigenvalue weighted by Gasteiger charge is -2.36. The van der Waals surface area contributed by atoms with E-state index in [9.17, 15) is 32.3 Å². The minimum atomic E-state index is -4.61. The van der Waals surface area contributed by atoms with Gasteiger partial charge in [-0.2, -0.15) is 22.7 Å². The molecule has 2 saturated heterocycles. The number of piperazine rings is 1. The molecule has 5 rings (SSSR count). The Morgan fingerprint density at radius 3 is 2.30 bits per heavy atom. The van der Waals surface area contributed by atoms with E-state index in [0.717, 1.165) is 22.7 Å². The number of hydrogen-bond acceptors (Lipinski definition) is 10. The minimum Gasteiger partial charge on any atom is -0.444 e. The van der Waals surface area contributed by atoms with Crippen LogP contribution in [0.5, 0.6) is 0 Å². The summed E-state index contributed by atoms with van der Waals surface area (Å²) in [5, 5.41) is 9.26. The molecule has 272 valence electrons. The van der Waals surface area contributed by atoms with E-state index in [2.05, 4.69) is 20.7 Å². The second-order valence-corrected chi connectivity index (χ2v) is 13.1. The summed E-state index contributed by atoms with van der Waals surface area (Å²) < 4.78 is 52.8. The molecule has 19 heteroatoms. The maximum Gasteiger partial charge on any atom is 0.416 e. The molecule has 4 heterocycles. The highest BCUT2D eigenvalue weighted by molar-refractivity contribution is 6.33. The number of rotatable bonds is 8. The lowest BCUT2D eigenvalue weighted by molar-refractivity contribution is -0.137. The van der Waals surface area contributed by atoms with Gasteiger partial charge in [0.15, 0.2) is 0 Å². The number of carbonyl (C=O) groups excluding carboxylic acids is 3. The molecule has 2 aromatic heterocycles. The summed E-state index contributed by atoms with van der Waals surface area (Å²) in [5.41, 5.74) is -1.40. The molecule has 3 amide bonds. The Bertz CT molecular complexity index is 1810. The number of nitrogens with zero attached hydrogens (tertiary/aromatic N) is 7. The molecule has 3 aromatic rings. The number of hydrogen-bond donors (Lipinski definition) is 2. The van der Waals surface area contributed by atoms with Gasteiger partial charge >= 0.3 is 12.3 Å². The first-order chi connectivity index (χ1) is 23.6. The number of ether oxygens (including phenoxy) is 2. The Labute approximate surface area is 290 Å². The van der Waals surface area contributed by atoms with Gasteiger partial charge in [-0.1, -0.05) is 18.5 Å². The highest BCUT2D eigenvalue weighted by atomic mass is 35.5. The molecule has 0 atom stereocenters. The van der Waals surface area contributed by atoms with Crippen LogP contribution in [0.3, 0.4) is 0 Å². The normalized spacial score (nSPS) is 15.7. The maximum atomic E-state index is 14.1. The highest BCUT2D eigenvalue weighted by Gasteiger charge is 2.32. The van der Waals surface area contributed by atoms with Gasteiger partial charge in [0, 0.05) is 39.3 Å². The summed E-state index contributed by atoms with van der Waals surface area (Å²) in [4.78, 5) is 62.3. The topological polar surface area (TPSA) is 156 Å². The van der Waals surface area contributed by atoms with Gasteiger partial charge in [-0.15, -0.1) is 5.10 Å². The van der Waals surface area contributed by atoms with Gasteiger partial charge < -0.3 is 39.4 Å². The molecular formula is C31H39ClF3N9O6. The van der Waals surface area contributed by atoms with Crippen molar-refractivity contribution in [3.05, 3.63) is 44.8 Å². The number of halogens is 4. The van der Waals surface area contributed by atoms with Crippen LogP contribution in [-0.4, -0.2) is 107 Å². The molecule has 1 aromatic carbocycles. The predicted octanol–water partition coefficient (Wildman–Crippen LogP) is 2.77. The zero-order chi connectivity index (χ0) is 36.4. The number of amides is 3. The first kappa shape index (κ1) is 36.7. The standard InChI is InChI=1S/C31H39ClF3N9O6/c1-5-22-25(41-10-8-40(9-11-41)24(46)17-36-29(48)50-30(2,3)4)26(47)44-28(38-27(39-44)42-12-14-49-15-13-42)43(22)18-23(45)37-21-7-6-19(16-20(21)32)31(33,34)35/h6-7,16H,5,8-15,17-18H2,1-4H3,(H,36,48)(H,37,45). The van der Waals surface area contributed by atoms with Crippen LogP contribution in [0.4, 0.5) is 35.3 Å². The van der Waals surface area contributed by atoms with Gasteiger partial charge in [-0.25, -0.2) is 4.79 Å². The lowest BCUT2D eigenvalue weighted by atomic mass is 10.2. The molecule has 50 heavy (non-hydrogen) atoms. The zero-order valence-electron chi connectivity index (χ0n) is 28.1. The Kier molecular flexibility index (Phi) is 10.8. The summed E-state index contributed by atoms with van der Waals surface area (Å²) in [6, 6.07) is 2.63. The number of alkyl halides is 3. The zero-order valence-corrected chi connectivity index (χ0v) is 28.9.